The second-order valence-electron chi connectivity index (χ2n) is 4.45. The third kappa shape index (κ3) is 3.93. The summed E-state index contributed by atoms with van der Waals surface area (Å²) >= 11 is 0. The fourth-order valence-electron chi connectivity index (χ4n) is 1.70. The summed E-state index contributed by atoms with van der Waals surface area (Å²) in [5.41, 5.74) is 3.81. The summed E-state index contributed by atoms with van der Waals surface area (Å²) < 4.78 is 0. The van der Waals surface area contributed by atoms with Crippen LogP contribution in [0.5, 0.6) is 0 Å². The van der Waals surface area contributed by atoms with Crippen LogP contribution in [0, 0.1) is 13.8 Å². The van der Waals surface area contributed by atoms with Gasteiger partial charge < -0.3 is 10.2 Å². The molecule has 0 saturated heterocycles. The van der Waals surface area contributed by atoms with Gasteiger partial charge in [0.2, 0.25) is 0 Å². The molecule has 0 saturated carbocycles. The van der Waals surface area contributed by atoms with Gasteiger partial charge in [0, 0.05) is 13.1 Å². The normalized spacial score (nSPS) is 13.1. The number of nitrogens with zero attached hydrogens (tertiary/aromatic N) is 1. The molecular formula is C13H21NO2. The molecule has 0 amide bonds. The van der Waals surface area contributed by atoms with Crippen LogP contribution in [0.4, 0.5) is 0 Å². The van der Waals surface area contributed by atoms with E-state index in [1.54, 1.807) is 0 Å². The lowest BCUT2D eigenvalue weighted by molar-refractivity contribution is 0.0648. The van der Waals surface area contributed by atoms with Crippen molar-refractivity contribution < 1.29 is 10.2 Å². The first-order chi connectivity index (χ1) is 7.52. The number of hydrogen-bond donors (Lipinski definition) is 2. The molecule has 1 unspecified atom stereocenters. The zero-order valence-electron chi connectivity index (χ0n) is 10.3. The number of benzene rings is 1. The topological polar surface area (TPSA) is 43.7 Å². The van der Waals surface area contributed by atoms with Gasteiger partial charge in [-0.25, -0.2) is 0 Å². The third-order valence-electron chi connectivity index (χ3n) is 2.76. The zero-order chi connectivity index (χ0) is 12.1. The van der Waals surface area contributed by atoms with Gasteiger partial charge in [0.15, 0.2) is 0 Å². The van der Waals surface area contributed by atoms with Crippen LogP contribution >= 0.6 is 0 Å². The van der Waals surface area contributed by atoms with Crippen molar-refractivity contribution in [2.24, 2.45) is 0 Å². The SMILES string of the molecule is Cc1ccc(CN(C)CC(O)CO)cc1C. The van der Waals surface area contributed by atoms with Crippen LogP contribution in [0.3, 0.4) is 0 Å². The van der Waals surface area contributed by atoms with Crippen LogP contribution in [0.15, 0.2) is 18.2 Å². The minimum absolute atomic E-state index is 0.183. The van der Waals surface area contributed by atoms with Crippen LogP contribution in [-0.2, 0) is 6.54 Å². The third-order valence-corrected chi connectivity index (χ3v) is 2.76. The lowest BCUT2D eigenvalue weighted by atomic mass is 10.1. The number of aliphatic hydroxyl groups excluding tert-OH is 2. The fourth-order valence-corrected chi connectivity index (χ4v) is 1.70. The lowest BCUT2D eigenvalue weighted by Gasteiger charge is -2.19. The molecule has 0 heterocycles. The summed E-state index contributed by atoms with van der Waals surface area (Å²) in [5, 5.41) is 18.1. The first kappa shape index (κ1) is 13.2. The van der Waals surface area contributed by atoms with Crippen LogP contribution in [0.1, 0.15) is 16.7 Å². The molecule has 0 radical (unpaired) electrons. The van der Waals surface area contributed by atoms with E-state index in [9.17, 15) is 5.11 Å². The van der Waals surface area contributed by atoms with Gasteiger partial charge >= 0.3 is 0 Å². The second-order valence-corrected chi connectivity index (χ2v) is 4.45. The number of aliphatic hydroxyl groups is 2. The predicted molar refractivity (Wildman–Crippen MR) is 65.3 cm³/mol. The van der Waals surface area contributed by atoms with E-state index in [0.29, 0.717) is 6.54 Å². The number of rotatable bonds is 5. The average Bonchev–Trinajstić information content (AvgIpc) is 2.23. The van der Waals surface area contributed by atoms with E-state index in [4.69, 9.17) is 5.11 Å². The minimum atomic E-state index is -0.656. The van der Waals surface area contributed by atoms with Gasteiger partial charge in [0.05, 0.1) is 12.7 Å². The van der Waals surface area contributed by atoms with Crippen LogP contribution in [0.25, 0.3) is 0 Å². The molecule has 0 aliphatic heterocycles. The summed E-state index contributed by atoms with van der Waals surface area (Å²) in [6.07, 6.45) is -0.656. The Morgan fingerprint density at radius 1 is 1.25 bits per heavy atom. The molecule has 1 atom stereocenters. The van der Waals surface area contributed by atoms with Crippen molar-refractivity contribution in [2.75, 3.05) is 20.2 Å². The lowest BCUT2D eigenvalue weighted by Crippen LogP contribution is -2.30. The van der Waals surface area contributed by atoms with Crippen LogP contribution in [-0.4, -0.2) is 41.4 Å². The molecule has 0 spiro atoms. The molecule has 16 heavy (non-hydrogen) atoms. The van der Waals surface area contributed by atoms with Crippen molar-refractivity contribution in [3.63, 3.8) is 0 Å². The molecule has 0 fully saturated rings. The maximum Gasteiger partial charge on any atom is 0.0897 e. The quantitative estimate of drug-likeness (QED) is 0.785. The first-order valence-electron chi connectivity index (χ1n) is 5.56. The molecule has 90 valence electrons. The van der Waals surface area contributed by atoms with Gasteiger partial charge in [0.1, 0.15) is 0 Å². The highest BCUT2D eigenvalue weighted by atomic mass is 16.3. The van der Waals surface area contributed by atoms with Crippen LogP contribution in [0.2, 0.25) is 0 Å². The number of aryl methyl sites for hydroxylation is 2. The largest absolute Gasteiger partial charge is 0.394 e. The molecule has 0 aromatic heterocycles. The Bertz CT molecular complexity index is 339. The van der Waals surface area contributed by atoms with Gasteiger partial charge in [-0.3, -0.25) is 4.90 Å². The molecule has 2 N–H and O–H groups in total. The smallest absolute Gasteiger partial charge is 0.0897 e. The maximum atomic E-state index is 9.31. The van der Waals surface area contributed by atoms with E-state index >= 15 is 0 Å². The number of likely N-dealkylation sites (N-methyl/N-ethyl adjacent to an activating group) is 1. The summed E-state index contributed by atoms with van der Waals surface area (Å²) in [4.78, 5) is 2.00. The summed E-state index contributed by atoms with van der Waals surface area (Å²) in [7, 11) is 1.94. The predicted octanol–water partition coefficient (Wildman–Crippen LogP) is 1.09. The standard InChI is InChI=1S/C13H21NO2/c1-10-4-5-12(6-11(10)2)7-14(3)8-13(16)9-15/h4-6,13,15-16H,7-9H2,1-3H3. The Hall–Kier alpha value is -0.900. The molecule has 0 bridgehead atoms. The average molecular weight is 223 g/mol. The van der Waals surface area contributed by atoms with E-state index < -0.39 is 6.10 Å². The molecule has 1 aromatic carbocycles. The van der Waals surface area contributed by atoms with Gasteiger partial charge in [-0.1, -0.05) is 18.2 Å². The van der Waals surface area contributed by atoms with Gasteiger partial charge in [-0.2, -0.15) is 0 Å². The Balaban J connectivity index is 2.56. The first-order valence-corrected chi connectivity index (χ1v) is 5.56. The Morgan fingerprint density at radius 2 is 1.94 bits per heavy atom. The van der Waals surface area contributed by atoms with Crippen molar-refractivity contribution in [1.29, 1.82) is 0 Å². The molecular weight excluding hydrogens is 202 g/mol. The van der Waals surface area contributed by atoms with Crippen molar-refractivity contribution in [3.8, 4) is 0 Å². The molecule has 0 aliphatic carbocycles. The van der Waals surface area contributed by atoms with Gasteiger partial charge in [0.25, 0.3) is 0 Å². The zero-order valence-corrected chi connectivity index (χ0v) is 10.3. The summed E-state index contributed by atoms with van der Waals surface area (Å²) in [6, 6.07) is 6.38. The van der Waals surface area contributed by atoms with Gasteiger partial charge in [-0.05, 0) is 37.6 Å². The molecule has 0 aliphatic rings. The van der Waals surface area contributed by atoms with Crippen molar-refractivity contribution >= 4 is 0 Å². The molecule has 1 rings (SSSR count). The van der Waals surface area contributed by atoms with Gasteiger partial charge in [-0.15, -0.1) is 0 Å². The molecule has 1 aromatic rings. The Kier molecular flexibility index (Phi) is 4.93. The second kappa shape index (κ2) is 5.99. The molecule has 3 nitrogen and oxygen atoms in total. The Morgan fingerprint density at radius 3 is 2.50 bits per heavy atom. The van der Waals surface area contributed by atoms with Crippen molar-refractivity contribution in [2.45, 2.75) is 26.5 Å². The Labute approximate surface area is 97.3 Å². The maximum absolute atomic E-state index is 9.31. The van der Waals surface area contributed by atoms with Crippen molar-refractivity contribution in [1.82, 2.24) is 4.90 Å². The minimum Gasteiger partial charge on any atom is -0.394 e. The van der Waals surface area contributed by atoms with E-state index in [0.717, 1.165) is 6.54 Å². The van der Waals surface area contributed by atoms with E-state index in [1.165, 1.54) is 16.7 Å². The molecule has 3 heteroatoms. The highest BCUT2D eigenvalue weighted by Gasteiger charge is 2.07. The van der Waals surface area contributed by atoms with E-state index in [2.05, 4.69) is 32.0 Å². The highest BCUT2D eigenvalue weighted by molar-refractivity contribution is 5.29. The number of hydrogen-bond acceptors (Lipinski definition) is 3. The highest BCUT2D eigenvalue weighted by Crippen LogP contribution is 2.11. The van der Waals surface area contributed by atoms with E-state index in [1.807, 2.05) is 11.9 Å². The van der Waals surface area contributed by atoms with E-state index in [-0.39, 0.29) is 6.61 Å². The fraction of sp³-hybridized carbons (Fsp3) is 0.538. The summed E-state index contributed by atoms with van der Waals surface area (Å²) in [6.45, 7) is 5.29. The monoisotopic (exact) mass is 223 g/mol. The summed E-state index contributed by atoms with van der Waals surface area (Å²) in [5.74, 6) is 0. The van der Waals surface area contributed by atoms with Crippen molar-refractivity contribution in [3.05, 3.63) is 34.9 Å². The van der Waals surface area contributed by atoms with Crippen LogP contribution < -0.4 is 0 Å².